The van der Waals surface area contributed by atoms with Crippen LogP contribution < -0.4 is 0 Å². The standard InChI is InChI=1S/C13H18O3/c1-7-11-10(13(15)16-7)6-8-4-2-3-5-9(8)12(11)14/h6-7,9-12,14H,2-5H2,1H3/t7?,9?,10-,11?,12?/m0/s1. The molecule has 0 aromatic heterocycles. The van der Waals surface area contributed by atoms with Crippen LogP contribution in [-0.4, -0.2) is 23.3 Å². The van der Waals surface area contributed by atoms with Crippen LogP contribution >= 0.6 is 0 Å². The number of hydrogen-bond donors (Lipinski definition) is 1. The van der Waals surface area contributed by atoms with Gasteiger partial charge in [-0.2, -0.15) is 0 Å². The summed E-state index contributed by atoms with van der Waals surface area (Å²) in [6.45, 7) is 1.90. The molecule has 1 heterocycles. The zero-order valence-corrected chi connectivity index (χ0v) is 9.56. The molecule has 1 saturated carbocycles. The van der Waals surface area contributed by atoms with Gasteiger partial charge >= 0.3 is 5.97 Å². The van der Waals surface area contributed by atoms with Crippen LogP contribution in [0.15, 0.2) is 11.6 Å². The second-order valence-electron chi connectivity index (χ2n) is 5.33. The number of rotatable bonds is 0. The molecule has 3 rings (SSSR count). The molecule has 16 heavy (non-hydrogen) atoms. The molecule has 88 valence electrons. The quantitative estimate of drug-likeness (QED) is 0.501. The van der Waals surface area contributed by atoms with Crippen LogP contribution in [-0.2, 0) is 9.53 Å². The molecule has 0 aromatic carbocycles. The summed E-state index contributed by atoms with van der Waals surface area (Å²) in [7, 11) is 0. The summed E-state index contributed by atoms with van der Waals surface area (Å²) in [5.41, 5.74) is 1.30. The van der Waals surface area contributed by atoms with Gasteiger partial charge in [-0.05, 0) is 26.2 Å². The molecule has 0 radical (unpaired) electrons. The molecule has 0 aromatic rings. The van der Waals surface area contributed by atoms with Gasteiger partial charge in [-0.25, -0.2) is 0 Å². The van der Waals surface area contributed by atoms with Gasteiger partial charge < -0.3 is 9.84 Å². The predicted octanol–water partition coefficient (Wildman–Crippen LogP) is 1.66. The lowest BCUT2D eigenvalue weighted by Crippen LogP contribution is -2.42. The van der Waals surface area contributed by atoms with Gasteiger partial charge in [0.1, 0.15) is 6.10 Å². The number of cyclic esters (lactones) is 1. The molecule has 1 saturated heterocycles. The lowest BCUT2D eigenvalue weighted by Gasteiger charge is -2.38. The van der Waals surface area contributed by atoms with E-state index in [4.69, 9.17) is 4.74 Å². The Bertz CT molecular complexity index is 347. The van der Waals surface area contributed by atoms with Crippen LogP contribution in [0.5, 0.6) is 0 Å². The van der Waals surface area contributed by atoms with E-state index in [0.29, 0.717) is 0 Å². The van der Waals surface area contributed by atoms with Crippen LogP contribution in [0, 0.1) is 17.8 Å². The van der Waals surface area contributed by atoms with Crippen LogP contribution in [0.4, 0.5) is 0 Å². The fourth-order valence-corrected chi connectivity index (χ4v) is 3.62. The molecule has 0 amide bonds. The second-order valence-corrected chi connectivity index (χ2v) is 5.33. The molecule has 4 unspecified atom stereocenters. The fourth-order valence-electron chi connectivity index (χ4n) is 3.62. The van der Waals surface area contributed by atoms with Crippen molar-refractivity contribution in [2.24, 2.45) is 17.8 Å². The van der Waals surface area contributed by atoms with Gasteiger partial charge in [-0.1, -0.05) is 18.1 Å². The molecule has 1 N–H and O–H groups in total. The van der Waals surface area contributed by atoms with Crippen molar-refractivity contribution in [2.45, 2.75) is 44.8 Å². The Morgan fingerprint density at radius 3 is 3.06 bits per heavy atom. The minimum Gasteiger partial charge on any atom is -0.462 e. The van der Waals surface area contributed by atoms with E-state index in [1.807, 2.05) is 6.92 Å². The molecule has 5 atom stereocenters. The summed E-state index contributed by atoms with van der Waals surface area (Å²) in [5, 5.41) is 10.4. The number of carbonyl (C=O) groups is 1. The van der Waals surface area contributed by atoms with Crippen molar-refractivity contribution in [3.63, 3.8) is 0 Å². The van der Waals surface area contributed by atoms with Gasteiger partial charge in [0.05, 0.1) is 12.0 Å². The van der Waals surface area contributed by atoms with E-state index < -0.39 is 0 Å². The van der Waals surface area contributed by atoms with Gasteiger partial charge in [0.25, 0.3) is 0 Å². The smallest absolute Gasteiger partial charge is 0.313 e. The van der Waals surface area contributed by atoms with Crippen LogP contribution in [0.2, 0.25) is 0 Å². The SMILES string of the molecule is CC1OC(=O)[C@H]2C=C3CCCCC3C(O)C12. The van der Waals surface area contributed by atoms with E-state index in [9.17, 15) is 9.90 Å². The Morgan fingerprint density at radius 2 is 2.25 bits per heavy atom. The minimum atomic E-state index is -0.383. The van der Waals surface area contributed by atoms with E-state index in [1.165, 1.54) is 18.4 Å². The molecular weight excluding hydrogens is 204 g/mol. The molecule has 3 heteroatoms. The van der Waals surface area contributed by atoms with E-state index in [-0.39, 0.29) is 35.9 Å². The Kier molecular flexibility index (Phi) is 2.32. The summed E-state index contributed by atoms with van der Waals surface area (Å²) in [6.07, 6.45) is 6.08. The van der Waals surface area contributed by atoms with E-state index in [2.05, 4.69) is 6.08 Å². The number of aliphatic hydroxyl groups is 1. The Morgan fingerprint density at radius 1 is 1.44 bits per heavy atom. The Hall–Kier alpha value is -0.830. The molecule has 3 nitrogen and oxygen atoms in total. The lowest BCUT2D eigenvalue weighted by molar-refractivity contribution is -0.142. The van der Waals surface area contributed by atoms with Crippen molar-refractivity contribution in [3.8, 4) is 0 Å². The van der Waals surface area contributed by atoms with Gasteiger partial charge in [-0.15, -0.1) is 0 Å². The van der Waals surface area contributed by atoms with Crippen molar-refractivity contribution in [2.75, 3.05) is 0 Å². The Labute approximate surface area is 95.5 Å². The average molecular weight is 222 g/mol. The van der Waals surface area contributed by atoms with Crippen molar-refractivity contribution < 1.29 is 14.6 Å². The fraction of sp³-hybridized carbons (Fsp3) is 0.769. The van der Waals surface area contributed by atoms with Crippen molar-refractivity contribution in [1.29, 1.82) is 0 Å². The maximum atomic E-state index is 11.7. The summed E-state index contributed by atoms with van der Waals surface area (Å²) in [6, 6.07) is 0. The van der Waals surface area contributed by atoms with Crippen LogP contribution in [0.3, 0.4) is 0 Å². The topological polar surface area (TPSA) is 46.5 Å². The summed E-state index contributed by atoms with van der Waals surface area (Å²) in [4.78, 5) is 11.7. The number of esters is 1. The number of fused-ring (bicyclic) bond motifs is 2. The zero-order chi connectivity index (χ0) is 11.3. The third kappa shape index (κ3) is 1.34. The summed E-state index contributed by atoms with van der Waals surface area (Å²) in [5.74, 6) is -0.0614. The molecular formula is C13H18O3. The molecule has 1 aliphatic heterocycles. The highest BCUT2D eigenvalue weighted by Gasteiger charge is 2.50. The highest BCUT2D eigenvalue weighted by atomic mass is 16.6. The zero-order valence-electron chi connectivity index (χ0n) is 9.56. The highest BCUT2D eigenvalue weighted by molar-refractivity contribution is 5.78. The van der Waals surface area contributed by atoms with Gasteiger partial charge in [0, 0.05) is 11.8 Å². The third-order valence-corrected chi connectivity index (χ3v) is 4.44. The van der Waals surface area contributed by atoms with Gasteiger partial charge in [0.15, 0.2) is 0 Å². The molecule has 3 aliphatic rings. The van der Waals surface area contributed by atoms with E-state index >= 15 is 0 Å². The van der Waals surface area contributed by atoms with Gasteiger partial charge in [0.2, 0.25) is 0 Å². The largest absolute Gasteiger partial charge is 0.462 e. The minimum absolute atomic E-state index is 0.0145. The predicted molar refractivity (Wildman–Crippen MR) is 58.6 cm³/mol. The lowest BCUT2D eigenvalue weighted by atomic mass is 9.67. The first-order valence-corrected chi connectivity index (χ1v) is 6.27. The first kappa shape index (κ1) is 10.3. The normalized spacial score (nSPS) is 46.8. The number of ether oxygens (including phenoxy) is 1. The van der Waals surface area contributed by atoms with Crippen LogP contribution in [0.25, 0.3) is 0 Å². The number of carbonyl (C=O) groups excluding carboxylic acids is 1. The monoisotopic (exact) mass is 222 g/mol. The summed E-state index contributed by atoms with van der Waals surface area (Å²) >= 11 is 0. The number of aliphatic hydroxyl groups excluding tert-OH is 1. The number of hydrogen-bond acceptors (Lipinski definition) is 3. The first-order chi connectivity index (χ1) is 7.68. The first-order valence-electron chi connectivity index (χ1n) is 6.27. The molecule has 0 spiro atoms. The van der Waals surface area contributed by atoms with E-state index in [1.54, 1.807) is 0 Å². The Balaban J connectivity index is 1.97. The third-order valence-electron chi connectivity index (χ3n) is 4.44. The maximum Gasteiger partial charge on any atom is 0.313 e. The average Bonchev–Trinajstić information content (AvgIpc) is 2.55. The molecule has 0 bridgehead atoms. The van der Waals surface area contributed by atoms with Crippen molar-refractivity contribution in [1.82, 2.24) is 0 Å². The van der Waals surface area contributed by atoms with Gasteiger partial charge in [-0.3, -0.25) is 4.79 Å². The molecule has 2 fully saturated rings. The maximum absolute atomic E-state index is 11.7. The van der Waals surface area contributed by atoms with Crippen molar-refractivity contribution >= 4 is 5.97 Å². The highest BCUT2D eigenvalue weighted by Crippen LogP contribution is 2.46. The van der Waals surface area contributed by atoms with Crippen LogP contribution in [0.1, 0.15) is 32.6 Å². The van der Waals surface area contributed by atoms with E-state index in [0.717, 1.165) is 12.8 Å². The van der Waals surface area contributed by atoms with Crippen molar-refractivity contribution in [3.05, 3.63) is 11.6 Å². The second kappa shape index (κ2) is 3.59. The summed E-state index contributed by atoms with van der Waals surface area (Å²) < 4.78 is 5.24. The molecule has 2 aliphatic carbocycles.